The molecule has 2 fully saturated rings. The monoisotopic (exact) mass is 491 g/mol. The van der Waals surface area contributed by atoms with Gasteiger partial charge in [0, 0.05) is 36.3 Å². The standard InChI is InChI=1S/C27H37N7O2/c1-18(2)23-17-29-34-25(23)31-27(36-22-9-13-33(3)14-10-22)32-26(34)30-21-6-4-5-20(16-21)24(35)15-19-7-11-28-12-8-19/h4-6,16-19,22,28H,7-15H2,1-3H3,(H,30,31,32). The molecular formula is C27H37N7O2. The number of anilines is 2. The molecule has 0 atom stereocenters. The molecule has 1 aromatic carbocycles. The van der Waals surface area contributed by atoms with Gasteiger partial charge in [-0.05, 0) is 69.8 Å². The zero-order valence-corrected chi connectivity index (χ0v) is 21.5. The fourth-order valence-electron chi connectivity index (χ4n) is 5.03. The van der Waals surface area contributed by atoms with Gasteiger partial charge in [0.15, 0.2) is 11.4 Å². The number of hydrogen-bond acceptors (Lipinski definition) is 8. The largest absolute Gasteiger partial charge is 0.460 e. The summed E-state index contributed by atoms with van der Waals surface area (Å²) in [6.07, 6.45) is 6.54. The van der Waals surface area contributed by atoms with Crippen LogP contribution in [0, 0.1) is 5.92 Å². The highest BCUT2D eigenvalue weighted by molar-refractivity contribution is 5.97. The van der Waals surface area contributed by atoms with Crippen LogP contribution in [0.3, 0.4) is 0 Å². The molecule has 2 aliphatic heterocycles. The molecule has 0 radical (unpaired) electrons. The normalized spacial score (nSPS) is 18.1. The van der Waals surface area contributed by atoms with Crippen molar-refractivity contribution in [2.45, 2.75) is 58.0 Å². The fourth-order valence-corrected chi connectivity index (χ4v) is 5.03. The van der Waals surface area contributed by atoms with E-state index in [1.807, 2.05) is 30.5 Å². The van der Waals surface area contributed by atoms with Crippen molar-refractivity contribution in [2.75, 3.05) is 38.5 Å². The van der Waals surface area contributed by atoms with Crippen molar-refractivity contribution < 1.29 is 9.53 Å². The van der Waals surface area contributed by atoms with Gasteiger partial charge >= 0.3 is 6.01 Å². The fraction of sp³-hybridized carbons (Fsp3) is 0.556. The lowest BCUT2D eigenvalue weighted by atomic mass is 9.90. The van der Waals surface area contributed by atoms with E-state index < -0.39 is 0 Å². The van der Waals surface area contributed by atoms with Crippen molar-refractivity contribution in [3.8, 4) is 6.01 Å². The number of ether oxygens (including phenoxy) is 1. The smallest absolute Gasteiger partial charge is 0.322 e. The highest BCUT2D eigenvalue weighted by atomic mass is 16.5. The van der Waals surface area contributed by atoms with E-state index in [0.29, 0.717) is 24.3 Å². The predicted octanol–water partition coefficient (Wildman–Crippen LogP) is 4.04. The Bertz CT molecular complexity index is 1190. The van der Waals surface area contributed by atoms with Crippen LogP contribution in [-0.2, 0) is 0 Å². The summed E-state index contributed by atoms with van der Waals surface area (Å²) >= 11 is 0. The Morgan fingerprint density at radius 3 is 2.69 bits per heavy atom. The second kappa shape index (κ2) is 10.9. The molecule has 2 aromatic heterocycles. The van der Waals surface area contributed by atoms with Gasteiger partial charge in [0.1, 0.15) is 6.10 Å². The van der Waals surface area contributed by atoms with Gasteiger partial charge in [-0.3, -0.25) is 4.79 Å². The summed E-state index contributed by atoms with van der Waals surface area (Å²) in [5.41, 5.74) is 3.29. The number of likely N-dealkylation sites (tertiary alicyclic amines) is 1. The maximum absolute atomic E-state index is 13.0. The zero-order chi connectivity index (χ0) is 25.1. The van der Waals surface area contributed by atoms with E-state index in [9.17, 15) is 4.79 Å². The number of nitrogens with zero attached hydrogens (tertiary/aromatic N) is 5. The van der Waals surface area contributed by atoms with Crippen LogP contribution in [0.25, 0.3) is 5.65 Å². The topological polar surface area (TPSA) is 96.7 Å². The number of piperidine rings is 2. The van der Waals surface area contributed by atoms with Crippen molar-refractivity contribution in [1.29, 1.82) is 0 Å². The van der Waals surface area contributed by atoms with Crippen molar-refractivity contribution in [3.05, 3.63) is 41.6 Å². The predicted molar refractivity (Wildman–Crippen MR) is 140 cm³/mol. The van der Waals surface area contributed by atoms with E-state index >= 15 is 0 Å². The molecule has 3 aromatic rings. The average Bonchev–Trinajstić information content (AvgIpc) is 3.31. The van der Waals surface area contributed by atoms with Gasteiger partial charge in [-0.2, -0.15) is 19.6 Å². The van der Waals surface area contributed by atoms with Crippen molar-refractivity contribution in [3.63, 3.8) is 0 Å². The van der Waals surface area contributed by atoms with Crippen LogP contribution in [-0.4, -0.2) is 69.6 Å². The van der Waals surface area contributed by atoms with Crippen LogP contribution < -0.4 is 15.4 Å². The van der Waals surface area contributed by atoms with Gasteiger partial charge in [0.2, 0.25) is 5.95 Å². The lowest BCUT2D eigenvalue weighted by molar-refractivity contribution is 0.0952. The van der Waals surface area contributed by atoms with E-state index in [2.05, 4.69) is 41.5 Å². The molecule has 9 heteroatoms. The summed E-state index contributed by atoms with van der Waals surface area (Å²) in [7, 11) is 2.13. The van der Waals surface area contributed by atoms with E-state index in [1.54, 1.807) is 4.52 Å². The Labute approximate surface area is 212 Å². The first-order valence-corrected chi connectivity index (χ1v) is 13.2. The molecule has 192 valence electrons. The summed E-state index contributed by atoms with van der Waals surface area (Å²) in [4.78, 5) is 24.7. The third kappa shape index (κ3) is 5.68. The van der Waals surface area contributed by atoms with Crippen LogP contribution in [0.5, 0.6) is 6.01 Å². The van der Waals surface area contributed by atoms with Gasteiger partial charge in [0.05, 0.1) is 6.20 Å². The molecular weight excluding hydrogens is 454 g/mol. The molecule has 0 saturated carbocycles. The van der Waals surface area contributed by atoms with Crippen molar-refractivity contribution in [2.24, 2.45) is 5.92 Å². The van der Waals surface area contributed by atoms with Gasteiger partial charge in [0.25, 0.3) is 0 Å². The van der Waals surface area contributed by atoms with E-state index in [-0.39, 0.29) is 17.8 Å². The summed E-state index contributed by atoms with van der Waals surface area (Å²) in [6.45, 7) is 8.24. The van der Waals surface area contributed by atoms with Crippen LogP contribution in [0.4, 0.5) is 11.6 Å². The summed E-state index contributed by atoms with van der Waals surface area (Å²) in [5, 5.41) is 11.3. The number of hydrogen-bond donors (Lipinski definition) is 2. The van der Waals surface area contributed by atoms with E-state index in [1.165, 1.54) is 0 Å². The summed E-state index contributed by atoms with van der Waals surface area (Å²) < 4.78 is 7.97. The number of carbonyl (C=O) groups excluding carboxylic acids is 1. The molecule has 0 aliphatic carbocycles. The van der Waals surface area contributed by atoms with Gasteiger partial charge in [-0.1, -0.05) is 26.0 Å². The molecule has 36 heavy (non-hydrogen) atoms. The third-order valence-corrected chi connectivity index (χ3v) is 7.31. The molecule has 2 aliphatic rings. The Balaban J connectivity index is 1.39. The summed E-state index contributed by atoms with van der Waals surface area (Å²) in [6, 6.07) is 8.01. The van der Waals surface area contributed by atoms with Crippen molar-refractivity contribution in [1.82, 2.24) is 29.8 Å². The first-order valence-electron chi connectivity index (χ1n) is 13.2. The molecule has 0 bridgehead atoms. The lowest BCUT2D eigenvalue weighted by Gasteiger charge is -2.28. The average molecular weight is 492 g/mol. The Morgan fingerprint density at radius 2 is 1.94 bits per heavy atom. The minimum atomic E-state index is 0.0952. The van der Waals surface area contributed by atoms with Gasteiger partial charge in [-0.15, -0.1) is 0 Å². The maximum Gasteiger partial charge on any atom is 0.322 e. The number of fused-ring (bicyclic) bond motifs is 1. The highest BCUT2D eigenvalue weighted by Crippen LogP contribution is 2.27. The SMILES string of the molecule is CC(C)c1cnn2c(Nc3cccc(C(=O)CC4CCNCC4)c3)nc(OC3CCN(C)CC3)nc12. The lowest BCUT2D eigenvalue weighted by Crippen LogP contribution is -2.36. The zero-order valence-electron chi connectivity index (χ0n) is 21.5. The van der Waals surface area contributed by atoms with Crippen molar-refractivity contribution >= 4 is 23.1 Å². The molecule has 4 heterocycles. The van der Waals surface area contributed by atoms with E-state index in [0.717, 1.165) is 74.3 Å². The van der Waals surface area contributed by atoms with Gasteiger partial charge in [-0.25, -0.2) is 0 Å². The molecule has 0 amide bonds. The molecule has 2 saturated heterocycles. The van der Waals surface area contributed by atoms with Crippen LogP contribution >= 0.6 is 0 Å². The third-order valence-electron chi connectivity index (χ3n) is 7.31. The number of carbonyl (C=O) groups is 1. The summed E-state index contributed by atoms with van der Waals surface area (Å²) in [5.74, 6) is 1.43. The Kier molecular flexibility index (Phi) is 7.48. The highest BCUT2D eigenvalue weighted by Gasteiger charge is 2.22. The van der Waals surface area contributed by atoms with Gasteiger partial charge < -0.3 is 20.3 Å². The number of Topliss-reactive ketones (excluding diaryl/α,β-unsaturated/α-hetero) is 1. The minimum absolute atomic E-state index is 0.0952. The molecule has 5 rings (SSSR count). The molecule has 0 unspecified atom stereocenters. The number of rotatable bonds is 8. The first-order chi connectivity index (χ1) is 17.5. The van der Waals surface area contributed by atoms with E-state index in [4.69, 9.17) is 14.7 Å². The van der Waals surface area contributed by atoms with Crippen LogP contribution in [0.2, 0.25) is 0 Å². The second-order valence-electron chi connectivity index (χ2n) is 10.5. The molecule has 2 N–H and O–H groups in total. The quantitative estimate of drug-likeness (QED) is 0.456. The number of ketones is 1. The Morgan fingerprint density at radius 1 is 1.17 bits per heavy atom. The minimum Gasteiger partial charge on any atom is -0.460 e. The van der Waals surface area contributed by atoms with Crippen LogP contribution in [0.1, 0.15) is 67.8 Å². The number of aromatic nitrogens is 4. The molecule has 9 nitrogen and oxygen atoms in total. The number of nitrogens with one attached hydrogen (secondary N) is 2. The van der Waals surface area contributed by atoms with Crippen LogP contribution in [0.15, 0.2) is 30.5 Å². The second-order valence-corrected chi connectivity index (χ2v) is 10.5. The number of benzene rings is 1. The first kappa shape index (κ1) is 24.6. The molecule has 0 spiro atoms. The maximum atomic E-state index is 13.0. The Hall–Kier alpha value is -3.04.